The first-order valence-corrected chi connectivity index (χ1v) is 18.4. The van der Waals surface area contributed by atoms with Crippen LogP contribution in [0.3, 0.4) is 0 Å². The molecule has 6 aromatic rings. The SMILES string of the molecule is C1#Cc2cc3ccc2CCc2ccc(c(c2)C#Cc2ccccc2C#Cc2cc4ccc2CCc2ccc(c(c2)C#Cc2ccccc21)CC4)CC3. The molecule has 9 aliphatic carbocycles. The van der Waals surface area contributed by atoms with Gasteiger partial charge in [-0.2, -0.15) is 0 Å². The normalized spacial score (nSPS) is 13.5. The number of benzene rings is 6. The number of rotatable bonds is 0. The van der Waals surface area contributed by atoms with E-state index in [1.807, 2.05) is 0 Å². The van der Waals surface area contributed by atoms with Crippen LogP contribution in [0.2, 0.25) is 0 Å². The minimum absolute atomic E-state index is 0.915. The molecule has 0 aliphatic heterocycles. The Kier molecular flexibility index (Phi) is 8.52. The van der Waals surface area contributed by atoms with Crippen molar-refractivity contribution in [1.29, 1.82) is 0 Å². The predicted molar refractivity (Wildman–Crippen MR) is 212 cm³/mol. The van der Waals surface area contributed by atoms with E-state index in [2.05, 4.69) is 169 Å². The molecule has 15 rings (SSSR count). The molecule has 6 aromatic carbocycles. The van der Waals surface area contributed by atoms with Gasteiger partial charge in [-0.3, -0.25) is 0 Å². The van der Waals surface area contributed by atoms with Gasteiger partial charge in [0.25, 0.3) is 0 Å². The molecule has 52 heavy (non-hydrogen) atoms. The fraction of sp³-hybridized carbons (Fsp3) is 0.154. The molecule has 0 saturated carbocycles. The third-order valence-corrected chi connectivity index (χ3v) is 10.6. The lowest BCUT2D eigenvalue weighted by atomic mass is 9.91. The van der Waals surface area contributed by atoms with Gasteiger partial charge in [-0.25, -0.2) is 0 Å². The zero-order chi connectivity index (χ0) is 34.7. The van der Waals surface area contributed by atoms with E-state index >= 15 is 0 Å². The van der Waals surface area contributed by atoms with E-state index in [1.165, 1.54) is 44.5 Å². The molecule has 9 aliphatic rings. The molecule has 12 bridgehead atoms. The highest BCUT2D eigenvalue weighted by atomic mass is 14.2. The highest BCUT2D eigenvalue weighted by Gasteiger charge is 2.12. The van der Waals surface area contributed by atoms with E-state index in [1.54, 1.807) is 0 Å². The molecular formula is C52H36. The summed E-state index contributed by atoms with van der Waals surface area (Å²) in [6.07, 6.45) is 7.37. The van der Waals surface area contributed by atoms with Crippen molar-refractivity contribution in [3.8, 4) is 47.4 Å². The largest absolute Gasteiger partial charge is 0.0613 e. The lowest BCUT2D eigenvalue weighted by molar-refractivity contribution is 0.916. The Balaban J connectivity index is 1.21. The van der Waals surface area contributed by atoms with E-state index in [0.29, 0.717) is 0 Å². The van der Waals surface area contributed by atoms with E-state index in [-0.39, 0.29) is 0 Å². The summed E-state index contributed by atoms with van der Waals surface area (Å²) in [5.74, 6) is 28.5. The van der Waals surface area contributed by atoms with Crippen LogP contribution < -0.4 is 0 Å². The van der Waals surface area contributed by atoms with Crippen LogP contribution in [0, 0.1) is 47.4 Å². The highest BCUT2D eigenvalue weighted by molar-refractivity contribution is 5.59. The summed E-state index contributed by atoms with van der Waals surface area (Å²) in [5, 5.41) is 0. The van der Waals surface area contributed by atoms with Crippen LogP contribution in [-0.4, -0.2) is 0 Å². The monoisotopic (exact) mass is 660 g/mol. The van der Waals surface area contributed by atoms with Gasteiger partial charge in [0.15, 0.2) is 0 Å². The summed E-state index contributed by atoms with van der Waals surface area (Å²) >= 11 is 0. The molecule has 244 valence electrons. The molecule has 0 N–H and O–H groups in total. The van der Waals surface area contributed by atoms with E-state index in [9.17, 15) is 0 Å². The lowest BCUT2D eigenvalue weighted by Gasteiger charge is -2.13. The van der Waals surface area contributed by atoms with Crippen LogP contribution in [-0.2, 0) is 51.4 Å². The van der Waals surface area contributed by atoms with Gasteiger partial charge in [0.05, 0.1) is 0 Å². The summed E-state index contributed by atoms with van der Waals surface area (Å²) in [6, 6.07) is 44.1. The number of fused-ring (bicyclic) bond motifs is 2. The summed E-state index contributed by atoms with van der Waals surface area (Å²) in [6.45, 7) is 0. The van der Waals surface area contributed by atoms with Crippen molar-refractivity contribution in [2.24, 2.45) is 0 Å². The molecular weight excluding hydrogens is 625 g/mol. The van der Waals surface area contributed by atoms with E-state index in [0.717, 1.165) is 95.9 Å². The fourth-order valence-electron chi connectivity index (χ4n) is 7.51. The summed E-state index contributed by atoms with van der Waals surface area (Å²) in [5.41, 5.74) is 18.6. The second-order valence-electron chi connectivity index (χ2n) is 14.1. The van der Waals surface area contributed by atoms with Gasteiger partial charge in [-0.15, -0.1) is 0 Å². The zero-order valence-electron chi connectivity index (χ0n) is 29.2. The molecule has 0 spiro atoms. The third kappa shape index (κ3) is 6.82. The van der Waals surface area contributed by atoms with Crippen LogP contribution >= 0.6 is 0 Å². The van der Waals surface area contributed by atoms with Gasteiger partial charge in [0.2, 0.25) is 0 Å². The molecule has 0 nitrogen and oxygen atoms in total. The third-order valence-electron chi connectivity index (χ3n) is 10.6. The Labute approximate surface area is 308 Å². The summed E-state index contributed by atoms with van der Waals surface area (Å²) < 4.78 is 0. The first-order chi connectivity index (χ1) is 25.7. The first kappa shape index (κ1) is 31.5. The minimum atomic E-state index is 0.915. The minimum Gasteiger partial charge on any atom is -0.0613 e. The second kappa shape index (κ2) is 14.1. The van der Waals surface area contributed by atoms with Crippen molar-refractivity contribution >= 4 is 0 Å². The van der Waals surface area contributed by atoms with Gasteiger partial charge in [0.1, 0.15) is 0 Å². The summed E-state index contributed by atoms with van der Waals surface area (Å²) in [7, 11) is 0. The van der Waals surface area contributed by atoms with E-state index < -0.39 is 0 Å². The maximum atomic E-state index is 3.59. The Bertz CT molecular complexity index is 2280. The Morgan fingerprint density at radius 3 is 0.712 bits per heavy atom. The molecule has 0 heteroatoms. The molecule has 0 unspecified atom stereocenters. The van der Waals surface area contributed by atoms with Crippen molar-refractivity contribution in [3.05, 3.63) is 210 Å². The molecule has 0 amide bonds. The smallest absolute Gasteiger partial charge is 0.0405 e. The van der Waals surface area contributed by atoms with Gasteiger partial charge in [-0.05, 0) is 144 Å². The number of hydrogen-bond acceptors (Lipinski definition) is 0. The van der Waals surface area contributed by atoms with Crippen LogP contribution in [0.1, 0.15) is 89.0 Å². The van der Waals surface area contributed by atoms with Crippen molar-refractivity contribution < 1.29 is 0 Å². The molecule has 0 aromatic heterocycles. The van der Waals surface area contributed by atoms with Gasteiger partial charge < -0.3 is 0 Å². The van der Waals surface area contributed by atoms with Crippen LogP contribution in [0.15, 0.2) is 121 Å². The summed E-state index contributed by atoms with van der Waals surface area (Å²) in [4.78, 5) is 0. The fourth-order valence-corrected chi connectivity index (χ4v) is 7.51. The number of aryl methyl sites for hydroxylation is 8. The van der Waals surface area contributed by atoms with Gasteiger partial charge >= 0.3 is 0 Å². The maximum Gasteiger partial charge on any atom is 0.0405 e. The molecule has 0 radical (unpaired) electrons. The number of hydrogen-bond donors (Lipinski definition) is 0. The quantitative estimate of drug-likeness (QED) is 0.143. The van der Waals surface area contributed by atoms with Gasteiger partial charge in [0, 0.05) is 44.5 Å². The topological polar surface area (TPSA) is 0 Å². The van der Waals surface area contributed by atoms with Crippen molar-refractivity contribution in [2.45, 2.75) is 51.4 Å². The standard InChI is InChI=1S/C52H36/c1-2-6-42-26-30-50-34-38-10-18-46(50)22-15-40-12-20-48(24-16-38)52(36-40)32-28-44-8-4-3-7-43(44)27-31-51-35-39-11-19-47(51)23-14-37-9-17-45(21-13-39)49(33-37)29-25-41(42)5-1/h1-12,17-20,33-36H,13-16,21-24H2. The lowest BCUT2D eigenvalue weighted by Crippen LogP contribution is -2.03. The maximum absolute atomic E-state index is 3.59. The van der Waals surface area contributed by atoms with Crippen LogP contribution in [0.4, 0.5) is 0 Å². The second-order valence-corrected chi connectivity index (χ2v) is 14.1. The zero-order valence-corrected chi connectivity index (χ0v) is 29.2. The van der Waals surface area contributed by atoms with Gasteiger partial charge in [-0.1, -0.05) is 120 Å². The first-order valence-electron chi connectivity index (χ1n) is 18.4. The molecule has 0 heterocycles. The average Bonchev–Trinajstić information content (AvgIpc) is 3.17. The van der Waals surface area contributed by atoms with Crippen molar-refractivity contribution in [2.75, 3.05) is 0 Å². The van der Waals surface area contributed by atoms with E-state index in [4.69, 9.17) is 0 Å². The molecule has 0 atom stereocenters. The predicted octanol–water partition coefficient (Wildman–Crippen LogP) is 9.37. The highest BCUT2D eigenvalue weighted by Crippen LogP contribution is 2.24. The molecule has 0 fully saturated rings. The average molecular weight is 661 g/mol. The Morgan fingerprint density at radius 2 is 0.462 bits per heavy atom. The van der Waals surface area contributed by atoms with Crippen molar-refractivity contribution in [1.82, 2.24) is 0 Å². The van der Waals surface area contributed by atoms with Crippen molar-refractivity contribution in [3.63, 3.8) is 0 Å². The molecule has 0 saturated heterocycles. The Morgan fingerprint density at radius 1 is 0.231 bits per heavy atom. The van der Waals surface area contributed by atoms with Crippen LogP contribution in [0.25, 0.3) is 0 Å². The Hall–Kier alpha value is -6.44. The van der Waals surface area contributed by atoms with Crippen LogP contribution in [0.5, 0.6) is 0 Å².